The molecule has 0 atom stereocenters. The lowest BCUT2D eigenvalue weighted by Gasteiger charge is -2.35. The molecular weight excluding hydrogens is 544 g/mol. The number of alkyl halides is 3. The van der Waals surface area contributed by atoms with E-state index in [-0.39, 0.29) is 11.4 Å². The molecule has 0 unspecified atom stereocenters. The molecule has 0 bridgehead atoms. The Bertz CT molecular complexity index is 1430. The highest BCUT2D eigenvalue weighted by Crippen LogP contribution is 2.26. The van der Waals surface area contributed by atoms with Gasteiger partial charge in [0.15, 0.2) is 11.5 Å². The van der Waals surface area contributed by atoms with Crippen LogP contribution in [0.4, 0.5) is 23.4 Å². The molecule has 4 rings (SSSR count). The van der Waals surface area contributed by atoms with Gasteiger partial charge in [0.25, 0.3) is 5.91 Å². The summed E-state index contributed by atoms with van der Waals surface area (Å²) < 4.78 is 76.5. The lowest BCUT2D eigenvalue weighted by atomic mass is 10.0. The van der Waals surface area contributed by atoms with Gasteiger partial charge in [-0.25, -0.2) is 17.5 Å². The second-order valence-electron chi connectivity index (χ2n) is 8.90. The molecule has 208 valence electrons. The Labute approximate surface area is 221 Å². The molecule has 0 spiro atoms. The van der Waals surface area contributed by atoms with E-state index in [2.05, 4.69) is 20.1 Å². The van der Waals surface area contributed by atoms with E-state index in [9.17, 15) is 35.9 Å². The molecule has 0 saturated carbocycles. The first-order valence-electron chi connectivity index (χ1n) is 11.7. The number of carbonyl (C=O) groups excluding carboxylic acids is 1. The average Bonchev–Trinajstić information content (AvgIpc) is 2.88. The van der Waals surface area contributed by atoms with Crippen LogP contribution in [0.5, 0.6) is 5.75 Å². The number of hydrogen-bond acceptors (Lipinski definition) is 9. The Hall–Kier alpha value is -3.85. The molecule has 15 heteroatoms. The van der Waals surface area contributed by atoms with Crippen molar-refractivity contribution >= 4 is 21.7 Å². The van der Waals surface area contributed by atoms with E-state index in [4.69, 9.17) is 0 Å². The third-order valence-electron chi connectivity index (χ3n) is 5.96. The van der Waals surface area contributed by atoms with Crippen LogP contribution in [0.2, 0.25) is 0 Å². The summed E-state index contributed by atoms with van der Waals surface area (Å²) in [6.45, 7) is 2.88. The second-order valence-corrected chi connectivity index (χ2v) is 10.7. The van der Waals surface area contributed by atoms with Gasteiger partial charge < -0.3 is 10.0 Å². The van der Waals surface area contributed by atoms with Gasteiger partial charge in [-0.15, -0.1) is 10.2 Å². The molecule has 10 nitrogen and oxygen atoms in total. The van der Waals surface area contributed by atoms with Gasteiger partial charge in [0, 0.05) is 50.0 Å². The van der Waals surface area contributed by atoms with Crippen LogP contribution in [-0.2, 0) is 16.6 Å². The smallest absolute Gasteiger partial charge is 0.390 e. The summed E-state index contributed by atoms with van der Waals surface area (Å²) in [6, 6.07) is 9.07. The normalized spacial score (nSPS) is 14.8. The van der Waals surface area contributed by atoms with Crippen molar-refractivity contribution in [3.63, 3.8) is 0 Å². The van der Waals surface area contributed by atoms with Gasteiger partial charge in [-0.2, -0.15) is 13.2 Å². The molecule has 1 saturated heterocycles. The van der Waals surface area contributed by atoms with Gasteiger partial charge >= 0.3 is 6.18 Å². The zero-order valence-corrected chi connectivity index (χ0v) is 21.2. The number of carbonyl (C=O) groups is 1. The topological polar surface area (TPSA) is 129 Å². The highest BCUT2D eigenvalue weighted by molar-refractivity contribution is 7.90. The molecule has 2 N–H and O–H groups in total. The standard InChI is InChI=1S/C24H24F4N6O4S/c25-20-11-16(1-2-19(20)17-12-18(35)14-29-13-17)15-33-6-8-34(9-7-33)22-4-3-21(30-31-22)23(36)32-39(37,38)10-5-24(26,27)28/h1-4,11-14,35H,5-10,15H2,(H,32,36). The van der Waals surface area contributed by atoms with Crippen molar-refractivity contribution in [2.75, 3.05) is 36.8 Å². The Morgan fingerprint density at radius 3 is 2.38 bits per heavy atom. The van der Waals surface area contributed by atoms with Crippen LogP contribution >= 0.6 is 0 Å². The van der Waals surface area contributed by atoms with Crippen molar-refractivity contribution in [3.05, 3.63) is 65.9 Å². The van der Waals surface area contributed by atoms with Gasteiger partial charge in [-0.1, -0.05) is 12.1 Å². The number of anilines is 1. The van der Waals surface area contributed by atoms with Crippen molar-refractivity contribution in [2.24, 2.45) is 0 Å². The minimum Gasteiger partial charge on any atom is -0.506 e. The molecule has 2 aromatic heterocycles. The zero-order chi connectivity index (χ0) is 28.2. The van der Waals surface area contributed by atoms with E-state index in [0.717, 1.165) is 5.56 Å². The van der Waals surface area contributed by atoms with Crippen LogP contribution < -0.4 is 9.62 Å². The summed E-state index contributed by atoms with van der Waals surface area (Å²) in [7, 11) is -4.49. The summed E-state index contributed by atoms with van der Waals surface area (Å²) in [5.74, 6) is -2.47. The van der Waals surface area contributed by atoms with Crippen molar-refractivity contribution in [1.29, 1.82) is 0 Å². The van der Waals surface area contributed by atoms with Crippen LogP contribution in [0.3, 0.4) is 0 Å². The van der Waals surface area contributed by atoms with Crippen molar-refractivity contribution in [1.82, 2.24) is 24.8 Å². The summed E-state index contributed by atoms with van der Waals surface area (Å²) in [5, 5.41) is 17.3. The molecule has 1 amide bonds. The number of sulfonamides is 1. The minimum absolute atomic E-state index is 0.0516. The van der Waals surface area contributed by atoms with E-state index in [1.165, 1.54) is 36.7 Å². The fourth-order valence-corrected chi connectivity index (χ4v) is 4.96. The average molecular weight is 569 g/mol. The maximum atomic E-state index is 14.7. The van der Waals surface area contributed by atoms with Crippen LogP contribution in [0.1, 0.15) is 22.5 Å². The predicted molar refractivity (Wildman–Crippen MR) is 133 cm³/mol. The summed E-state index contributed by atoms with van der Waals surface area (Å²) >= 11 is 0. The van der Waals surface area contributed by atoms with Gasteiger partial charge in [0.2, 0.25) is 10.0 Å². The maximum absolute atomic E-state index is 14.7. The van der Waals surface area contributed by atoms with Crippen LogP contribution in [0, 0.1) is 5.82 Å². The lowest BCUT2D eigenvalue weighted by Crippen LogP contribution is -2.46. The summed E-state index contributed by atoms with van der Waals surface area (Å²) in [5.41, 5.74) is 1.24. The second kappa shape index (κ2) is 11.5. The van der Waals surface area contributed by atoms with Gasteiger partial charge in [-0.3, -0.25) is 14.7 Å². The summed E-state index contributed by atoms with van der Waals surface area (Å²) in [4.78, 5) is 20.0. The molecular formula is C24H24F4N6O4S. The fourth-order valence-electron chi connectivity index (χ4n) is 3.97. The predicted octanol–water partition coefficient (Wildman–Crippen LogP) is 2.72. The van der Waals surface area contributed by atoms with E-state index >= 15 is 0 Å². The molecule has 0 aliphatic carbocycles. The Morgan fingerprint density at radius 2 is 1.77 bits per heavy atom. The number of piperazine rings is 1. The lowest BCUT2D eigenvalue weighted by molar-refractivity contribution is -0.130. The molecule has 1 aliphatic heterocycles. The van der Waals surface area contributed by atoms with Gasteiger partial charge in [-0.05, 0) is 29.8 Å². The highest BCUT2D eigenvalue weighted by atomic mass is 32.2. The molecule has 39 heavy (non-hydrogen) atoms. The van der Waals surface area contributed by atoms with E-state index < -0.39 is 40.1 Å². The number of pyridine rings is 1. The first-order chi connectivity index (χ1) is 18.4. The Kier molecular flexibility index (Phi) is 8.30. The van der Waals surface area contributed by atoms with Gasteiger partial charge in [0.05, 0.1) is 18.4 Å². The first-order valence-corrected chi connectivity index (χ1v) is 13.4. The molecule has 1 fully saturated rings. The maximum Gasteiger partial charge on any atom is 0.390 e. The number of halogens is 4. The van der Waals surface area contributed by atoms with E-state index in [1.54, 1.807) is 10.8 Å². The number of amides is 1. The number of rotatable bonds is 8. The monoisotopic (exact) mass is 568 g/mol. The van der Waals surface area contributed by atoms with Crippen molar-refractivity contribution < 1.29 is 35.9 Å². The largest absolute Gasteiger partial charge is 0.506 e. The third-order valence-corrected chi connectivity index (χ3v) is 7.19. The fraction of sp³-hybridized carbons (Fsp3) is 0.333. The molecule has 0 radical (unpaired) electrons. The third kappa shape index (κ3) is 7.83. The minimum atomic E-state index is -4.67. The molecule has 1 aliphatic rings. The Balaban J connectivity index is 1.29. The van der Waals surface area contributed by atoms with E-state index in [0.29, 0.717) is 49.7 Å². The number of hydrogen-bond donors (Lipinski definition) is 2. The van der Waals surface area contributed by atoms with Crippen LogP contribution in [0.15, 0.2) is 48.8 Å². The highest BCUT2D eigenvalue weighted by Gasteiger charge is 2.31. The van der Waals surface area contributed by atoms with Crippen molar-refractivity contribution in [3.8, 4) is 16.9 Å². The summed E-state index contributed by atoms with van der Waals surface area (Å²) in [6.07, 6.45) is -3.51. The van der Waals surface area contributed by atoms with Crippen LogP contribution in [-0.4, -0.2) is 77.6 Å². The zero-order valence-electron chi connectivity index (χ0n) is 20.4. The number of nitrogens with zero attached hydrogens (tertiary/aromatic N) is 5. The number of benzene rings is 1. The van der Waals surface area contributed by atoms with E-state index in [1.807, 2.05) is 11.0 Å². The molecule has 1 aromatic carbocycles. The van der Waals surface area contributed by atoms with Gasteiger partial charge in [0.1, 0.15) is 11.6 Å². The molecule has 3 heterocycles. The first kappa shape index (κ1) is 28.2. The SMILES string of the molecule is O=C(NS(=O)(=O)CCC(F)(F)F)c1ccc(N2CCN(Cc3ccc(-c4cncc(O)c4)c(F)c3)CC2)nn1. The molecule has 3 aromatic rings. The van der Waals surface area contributed by atoms with Crippen molar-refractivity contribution in [2.45, 2.75) is 19.1 Å². The quantitative estimate of drug-likeness (QED) is 0.394. The van der Waals surface area contributed by atoms with Crippen LogP contribution in [0.25, 0.3) is 11.1 Å². The number of nitrogens with one attached hydrogen (secondary N) is 1. The number of aromatic hydroxyl groups is 1. The number of aromatic nitrogens is 3. The Morgan fingerprint density at radius 1 is 1.03 bits per heavy atom.